The number of hydrogen-bond acceptors (Lipinski definition) is 4. The van der Waals surface area contributed by atoms with Crippen molar-refractivity contribution in [2.24, 2.45) is 0 Å². The van der Waals surface area contributed by atoms with Crippen LogP contribution in [-0.2, 0) is 6.54 Å². The van der Waals surface area contributed by atoms with E-state index < -0.39 is 0 Å². The van der Waals surface area contributed by atoms with Crippen LogP contribution in [-0.4, -0.2) is 24.2 Å². The van der Waals surface area contributed by atoms with E-state index >= 15 is 0 Å². The number of benzene rings is 1. The Bertz CT molecular complexity index is 469. The Morgan fingerprint density at radius 2 is 2.18 bits per heavy atom. The minimum absolute atomic E-state index is 0.621. The molecule has 5 heteroatoms. The lowest BCUT2D eigenvalue weighted by Crippen LogP contribution is -2.03. The molecule has 90 valence electrons. The first kappa shape index (κ1) is 11.3. The zero-order valence-electron chi connectivity index (χ0n) is 9.86. The summed E-state index contributed by atoms with van der Waals surface area (Å²) in [5.74, 6) is 2.39. The van der Waals surface area contributed by atoms with Gasteiger partial charge in [-0.3, -0.25) is 0 Å². The number of nitrogens with one attached hydrogen (secondary N) is 2. The van der Waals surface area contributed by atoms with Gasteiger partial charge in [-0.2, -0.15) is 0 Å². The summed E-state index contributed by atoms with van der Waals surface area (Å²) in [5, 5.41) is 3.24. The number of hydrogen-bond donors (Lipinski definition) is 2. The monoisotopic (exact) mass is 233 g/mol. The Morgan fingerprint density at radius 3 is 2.82 bits per heavy atom. The lowest BCUT2D eigenvalue weighted by atomic mass is 10.2. The summed E-state index contributed by atoms with van der Waals surface area (Å²) in [6.07, 6.45) is 3.52. The second kappa shape index (κ2) is 5.25. The molecule has 0 amide bonds. The molecule has 1 aromatic heterocycles. The number of ether oxygens (including phenoxy) is 2. The van der Waals surface area contributed by atoms with Crippen molar-refractivity contribution in [2.45, 2.75) is 6.54 Å². The molecule has 0 aliphatic carbocycles. The maximum atomic E-state index is 5.28. The van der Waals surface area contributed by atoms with Crippen LogP contribution in [0.25, 0.3) is 0 Å². The number of nitrogens with zero attached hydrogens (tertiary/aromatic N) is 1. The zero-order chi connectivity index (χ0) is 12.1. The van der Waals surface area contributed by atoms with Crippen LogP contribution in [0.2, 0.25) is 0 Å². The summed E-state index contributed by atoms with van der Waals surface area (Å²) in [6.45, 7) is 0.621. The zero-order valence-corrected chi connectivity index (χ0v) is 9.86. The summed E-state index contributed by atoms with van der Waals surface area (Å²) < 4.78 is 10.4. The van der Waals surface area contributed by atoms with Gasteiger partial charge in [0.05, 0.1) is 26.5 Å². The standard InChI is InChI=1S/C12H15N3O2/c1-16-9-3-4-10(11(7-9)17-2)15-8-12-13-5-6-14-12/h3-7,15H,8H2,1-2H3,(H,13,14). The topological polar surface area (TPSA) is 59.2 Å². The summed E-state index contributed by atoms with van der Waals surface area (Å²) in [5.41, 5.74) is 0.907. The summed E-state index contributed by atoms with van der Waals surface area (Å²) >= 11 is 0. The smallest absolute Gasteiger partial charge is 0.145 e. The second-order valence-electron chi connectivity index (χ2n) is 3.46. The highest BCUT2D eigenvalue weighted by Crippen LogP contribution is 2.29. The lowest BCUT2D eigenvalue weighted by molar-refractivity contribution is 0.395. The van der Waals surface area contributed by atoms with Gasteiger partial charge in [0.1, 0.15) is 17.3 Å². The fraction of sp³-hybridized carbons (Fsp3) is 0.250. The van der Waals surface area contributed by atoms with Crippen LogP contribution in [0.4, 0.5) is 5.69 Å². The van der Waals surface area contributed by atoms with E-state index in [1.165, 1.54) is 0 Å². The van der Waals surface area contributed by atoms with Gasteiger partial charge >= 0.3 is 0 Å². The van der Waals surface area contributed by atoms with Gasteiger partial charge in [0.25, 0.3) is 0 Å². The average molecular weight is 233 g/mol. The van der Waals surface area contributed by atoms with Crippen molar-refractivity contribution in [3.8, 4) is 11.5 Å². The van der Waals surface area contributed by atoms with E-state index in [0.717, 1.165) is 23.0 Å². The number of methoxy groups -OCH3 is 2. The fourth-order valence-corrected chi connectivity index (χ4v) is 1.52. The van der Waals surface area contributed by atoms with Gasteiger partial charge in [-0.1, -0.05) is 0 Å². The molecule has 2 aromatic rings. The van der Waals surface area contributed by atoms with Crippen molar-refractivity contribution >= 4 is 5.69 Å². The molecule has 0 radical (unpaired) electrons. The van der Waals surface area contributed by atoms with Gasteiger partial charge in [-0.05, 0) is 12.1 Å². The molecule has 2 rings (SSSR count). The van der Waals surface area contributed by atoms with Gasteiger partial charge < -0.3 is 19.8 Å². The molecule has 0 spiro atoms. The Kier molecular flexibility index (Phi) is 3.49. The molecule has 1 aromatic carbocycles. The van der Waals surface area contributed by atoms with Crippen molar-refractivity contribution in [1.29, 1.82) is 0 Å². The number of H-pyrrole nitrogens is 1. The number of aromatic nitrogens is 2. The number of aromatic amines is 1. The number of rotatable bonds is 5. The van der Waals surface area contributed by atoms with E-state index in [2.05, 4.69) is 15.3 Å². The first-order chi connectivity index (χ1) is 8.33. The van der Waals surface area contributed by atoms with Crippen molar-refractivity contribution in [3.05, 3.63) is 36.4 Å². The van der Waals surface area contributed by atoms with E-state index in [-0.39, 0.29) is 0 Å². The molecular formula is C12H15N3O2. The molecule has 0 aliphatic rings. The molecule has 0 saturated carbocycles. The summed E-state index contributed by atoms with van der Waals surface area (Å²) in [4.78, 5) is 7.17. The van der Waals surface area contributed by atoms with Crippen LogP contribution < -0.4 is 14.8 Å². The summed E-state index contributed by atoms with van der Waals surface area (Å²) in [6, 6.07) is 5.64. The molecule has 5 nitrogen and oxygen atoms in total. The Labute approximate surface area is 99.8 Å². The largest absolute Gasteiger partial charge is 0.497 e. The fourth-order valence-electron chi connectivity index (χ4n) is 1.52. The normalized spacial score (nSPS) is 10.0. The predicted molar refractivity (Wildman–Crippen MR) is 65.5 cm³/mol. The van der Waals surface area contributed by atoms with E-state index in [0.29, 0.717) is 6.54 Å². The van der Waals surface area contributed by atoms with Crippen molar-refractivity contribution in [2.75, 3.05) is 19.5 Å². The highest BCUT2D eigenvalue weighted by molar-refractivity contribution is 5.59. The van der Waals surface area contributed by atoms with Crippen LogP contribution in [0.15, 0.2) is 30.6 Å². The van der Waals surface area contributed by atoms with Crippen molar-refractivity contribution in [1.82, 2.24) is 9.97 Å². The van der Waals surface area contributed by atoms with Gasteiger partial charge in [-0.15, -0.1) is 0 Å². The van der Waals surface area contributed by atoms with E-state index in [1.807, 2.05) is 18.2 Å². The third kappa shape index (κ3) is 2.69. The molecule has 0 unspecified atom stereocenters. The predicted octanol–water partition coefficient (Wildman–Crippen LogP) is 2.04. The van der Waals surface area contributed by atoms with Gasteiger partial charge in [0.15, 0.2) is 0 Å². The highest BCUT2D eigenvalue weighted by Gasteiger charge is 2.04. The van der Waals surface area contributed by atoms with Crippen LogP contribution >= 0.6 is 0 Å². The molecule has 1 heterocycles. The maximum Gasteiger partial charge on any atom is 0.145 e. The average Bonchev–Trinajstić information content (AvgIpc) is 2.89. The molecule has 0 aliphatic heterocycles. The molecule has 0 atom stereocenters. The SMILES string of the molecule is COc1ccc(NCc2ncc[nH]2)c(OC)c1. The van der Waals surface area contributed by atoms with Crippen LogP contribution in [0.1, 0.15) is 5.82 Å². The quantitative estimate of drug-likeness (QED) is 0.829. The third-order valence-electron chi connectivity index (χ3n) is 2.41. The van der Waals surface area contributed by atoms with Crippen LogP contribution in [0.5, 0.6) is 11.5 Å². The lowest BCUT2D eigenvalue weighted by Gasteiger charge is -2.11. The first-order valence-electron chi connectivity index (χ1n) is 5.27. The van der Waals surface area contributed by atoms with Gasteiger partial charge in [-0.25, -0.2) is 4.98 Å². The summed E-state index contributed by atoms with van der Waals surface area (Å²) in [7, 11) is 3.26. The molecule has 2 N–H and O–H groups in total. The molecule has 0 fully saturated rings. The minimum atomic E-state index is 0.621. The highest BCUT2D eigenvalue weighted by atomic mass is 16.5. The van der Waals surface area contributed by atoms with Crippen molar-refractivity contribution < 1.29 is 9.47 Å². The Hall–Kier alpha value is -2.17. The second-order valence-corrected chi connectivity index (χ2v) is 3.46. The molecular weight excluding hydrogens is 218 g/mol. The minimum Gasteiger partial charge on any atom is -0.497 e. The van der Waals surface area contributed by atoms with Crippen molar-refractivity contribution in [3.63, 3.8) is 0 Å². The van der Waals surface area contributed by atoms with Gasteiger partial charge in [0.2, 0.25) is 0 Å². The third-order valence-corrected chi connectivity index (χ3v) is 2.41. The van der Waals surface area contributed by atoms with E-state index in [9.17, 15) is 0 Å². The maximum absolute atomic E-state index is 5.28. The molecule has 0 saturated heterocycles. The Morgan fingerprint density at radius 1 is 1.29 bits per heavy atom. The molecule has 17 heavy (non-hydrogen) atoms. The number of imidazole rings is 1. The first-order valence-corrected chi connectivity index (χ1v) is 5.27. The van der Waals surface area contributed by atoms with E-state index in [4.69, 9.17) is 9.47 Å². The Balaban J connectivity index is 2.09. The van der Waals surface area contributed by atoms with Gasteiger partial charge in [0, 0.05) is 18.5 Å². The van der Waals surface area contributed by atoms with Crippen LogP contribution in [0.3, 0.4) is 0 Å². The van der Waals surface area contributed by atoms with Crippen LogP contribution in [0, 0.1) is 0 Å². The van der Waals surface area contributed by atoms with E-state index in [1.54, 1.807) is 26.6 Å². The number of anilines is 1. The molecule has 0 bridgehead atoms.